The maximum absolute atomic E-state index is 6.07. The normalized spacial score (nSPS) is 11.8. The second-order valence-corrected chi connectivity index (χ2v) is 7.03. The van der Waals surface area contributed by atoms with E-state index in [0.29, 0.717) is 0 Å². The van der Waals surface area contributed by atoms with E-state index >= 15 is 0 Å². The van der Waals surface area contributed by atoms with Crippen LogP contribution in [0.4, 0.5) is 0 Å². The van der Waals surface area contributed by atoms with E-state index in [-0.39, 0.29) is 29.4 Å². The van der Waals surface area contributed by atoms with Crippen LogP contribution in [0.15, 0.2) is 47.7 Å². The molecule has 1 heterocycles. The molecule has 1 aromatic heterocycles. The molecule has 2 N–H and O–H groups in total. The molecule has 138 valence electrons. The third-order valence-electron chi connectivity index (χ3n) is 3.72. The number of hydrogen-bond donors (Lipinski definition) is 2. The molecule has 0 spiro atoms. The van der Waals surface area contributed by atoms with Crippen molar-refractivity contribution in [2.75, 3.05) is 20.1 Å². The minimum Gasteiger partial charge on any atom is -0.356 e. The average Bonchev–Trinajstić information content (AvgIpc) is 3.03. The highest BCUT2D eigenvalue weighted by molar-refractivity contribution is 14.0. The first-order valence-electron chi connectivity index (χ1n) is 8.15. The Balaban J connectivity index is 0.00000312. The lowest BCUT2D eigenvalue weighted by Gasteiger charge is -2.26. The summed E-state index contributed by atoms with van der Waals surface area (Å²) in [6, 6.07) is 9.97. The minimum absolute atomic E-state index is 0. The fourth-order valence-electron chi connectivity index (χ4n) is 2.53. The third kappa shape index (κ3) is 8.09. The molecule has 0 fully saturated rings. The topological polar surface area (TPSA) is 54.2 Å². The molecular formula is C18H27ClIN5. The molecule has 0 atom stereocenters. The van der Waals surface area contributed by atoms with Crippen molar-refractivity contribution in [3.63, 3.8) is 0 Å². The van der Waals surface area contributed by atoms with Crippen molar-refractivity contribution in [3.8, 4) is 0 Å². The zero-order valence-corrected chi connectivity index (χ0v) is 18.1. The summed E-state index contributed by atoms with van der Waals surface area (Å²) in [6.07, 6.45) is 4.68. The minimum atomic E-state index is 0. The number of nitrogens with zero attached hydrogens (tertiary/aromatic N) is 3. The average molecular weight is 476 g/mol. The molecule has 0 aliphatic carbocycles. The summed E-state index contributed by atoms with van der Waals surface area (Å²) >= 11 is 6.07. The molecule has 0 amide bonds. The maximum Gasteiger partial charge on any atom is 0.191 e. The number of nitrogens with one attached hydrogen (secondary N) is 2. The molecule has 2 aromatic rings. The van der Waals surface area contributed by atoms with Gasteiger partial charge in [0.15, 0.2) is 5.96 Å². The Morgan fingerprint density at radius 1 is 1.28 bits per heavy atom. The van der Waals surface area contributed by atoms with E-state index in [0.717, 1.165) is 37.0 Å². The Hall–Kier alpha value is -1.28. The second-order valence-electron chi connectivity index (χ2n) is 6.59. The zero-order chi connectivity index (χ0) is 17.4. The van der Waals surface area contributed by atoms with Crippen molar-refractivity contribution in [1.29, 1.82) is 0 Å². The zero-order valence-electron chi connectivity index (χ0n) is 15.0. The number of aliphatic imine (C=N–C) groups is 1. The highest BCUT2D eigenvalue weighted by atomic mass is 127. The van der Waals surface area contributed by atoms with Crippen LogP contribution in [0, 0.1) is 5.41 Å². The van der Waals surface area contributed by atoms with Crippen LogP contribution >= 0.6 is 35.6 Å². The van der Waals surface area contributed by atoms with Gasteiger partial charge in [0.25, 0.3) is 0 Å². The van der Waals surface area contributed by atoms with Crippen LogP contribution in [0.2, 0.25) is 5.02 Å². The van der Waals surface area contributed by atoms with Gasteiger partial charge >= 0.3 is 0 Å². The van der Waals surface area contributed by atoms with Crippen LogP contribution < -0.4 is 10.6 Å². The Morgan fingerprint density at radius 3 is 2.72 bits per heavy atom. The summed E-state index contributed by atoms with van der Waals surface area (Å²) in [5, 5.41) is 11.7. The molecule has 0 aliphatic heterocycles. The molecule has 0 bridgehead atoms. The Kier molecular flexibility index (Phi) is 9.27. The molecule has 1 aromatic carbocycles. The lowest BCUT2D eigenvalue weighted by atomic mass is 9.86. The van der Waals surface area contributed by atoms with Crippen molar-refractivity contribution in [3.05, 3.63) is 53.3 Å². The fourth-order valence-corrected chi connectivity index (χ4v) is 2.74. The Bertz CT molecular complexity index is 655. The number of hydrogen-bond acceptors (Lipinski definition) is 2. The standard InChI is InChI=1S/C18H26ClN5.HI/c1-18(2,13-15-6-4-7-16(19)12-15)14-22-17(20-3)21-9-11-24-10-5-8-23-24;/h4-8,10,12H,9,11,13-14H2,1-3H3,(H2,20,21,22);1H. The highest BCUT2D eigenvalue weighted by Gasteiger charge is 2.19. The number of benzene rings is 1. The molecule has 0 saturated carbocycles. The van der Waals surface area contributed by atoms with Gasteiger partial charge in [-0.1, -0.05) is 37.6 Å². The van der Waals surface area contributed by atoms with Gasteiger partial charge in [0, 0.05) is 37.6 Å². The summed E-state index contributed by atoms with van der Waals surface area (Å²) in [7, 11) is 1.78. The summed E-state index contributed by atoms with van der Waals surface area (Å²) in [5.74, 6) is 0.807. The van der Waals surface area contributed by atoms with Crippen molar-refractivity contribution in [1.82, 2.24) is 20.4 Å². The number of aromatic nitrogens is 2. The molecule has 25 heavy (non-hydrogen) atoms. The molecule has 0 aliphatic rings. The molecule has 0 saturated heterocycles. The van der Waals surface area contributed by atoms with Crippen LogP contribution in [0.3, 0.4) is 0 Å². The van der Waals surface area contributed by atoms with E-state index in [1.165, 1.54) is 5.56 Å². The van der Waals surface area contributed by atoms with Gasteiger partial charge in [0.2, 0.25) is 0 Å². The van der Waals surface area contributed by atoms with E-state index < -0.39 is 0 Å². The summed E-state index contributed by atoms with van der Waals surface area (Å²) in [6.45, 7) is 6.87. The van der Waals surface area contributed by atoms with E-state index in [4.69, 9.17) is 11.6 Å². The van der Waals surface area contributed by atoms with E-state index in [1.54, 1.807) is 13.2 Å². The van der Waals surface area contributed by atoms with Crippen molar-refractivity contribution >= 4 is 41.5 Å². The van der Waals surface area contributed by atoms with E-state index in [1.807, 2.05) is 35.1 Å². The SMILES string of the molecule is CN=C(NCCn1cccn1)NCC(C)(C)Cc1cccc(Cl)c1.I. The van der Waals surface area contributed by atoms with Crippen LogP contribution in [0.25, 0.3) is 0 Å². The van der Waals surface area contributed by atoms with Crippen molar-refractivity contribution in [2.24, 2.45) is 10.4 Å². The van der Waals surface area contributed by atoms with E-state index in [2.05, 4.69) is 40.6 Å². The van der Waals surface area contributed by atoms with Crippen molar-refractivity contribution < 1.29 is 0 Å². The summed E-state index contributed by atoms with van der Waals surface area (Å²) in [4.78, 5) is 4.27. The third-order valence-corrected chi connectivity index (χ3v) is 3.96. The van der Waals surface area contributed by atoms with Crippen LogP contribution in [0.1, 0.15) is 19.4 Å². The van der Waals surface area contributed by atoms with Crippen molar-refractivity contribution in [2.45, 2.75) is 26.8 Å². The molecule has 0 radical (unpaired) electrons. The summed E-state index contributed by atoms with van der Waals surface area (Å²) < 4.78 is 1.89. The van der Waals surface area contributed by atoms with Gasteiger partial charge in [-0.25, -0.2) is 0 Å². The predicted octanol–water partition coefficient (Wildman–Crippen LogP) is 3.59. The summed E-state index contributed by atoms with van der Waals surface area (Å²) in [5.41, 5.74) is 1.33. The number of rotatable bonds is 7. The van der Waals surface area contributed by atoms with Gasteiger partial charge < -0.3 is 10.6 Å². The number of halogens is 2. The van der Waals surface area contributed by atoms with Gasteiger partial charge in [0.05, 0.1) is 6.54 Å². The van der Waals surface area contributed by atoms with Gasteiger partial charge in [-0.2, -0.15) is 5.10 Å². The first-order valence-corrected chi connectivity index (χ1v) is 8.53. The van der Waals surface area contributed by atoms with Gasteiger partial charge in [-0.15, -0.1) is 24.0 Å². The quantitative estimate of drug-likeness (QED) is 0.366. The molecule has 2 rings (SSSR count). The molecule has 0 unspecified atom stereocenters. The van der Waals surface area contributed by atoms with Gasteiger partial charge in [-0.05, 0) is 35.6 Å². The first-order chi connectivity index (χ1) is 11.5. The second kappa shape index (κ2) is 10.7. The first kappa shape index (κ1) is 21.8. The maximum atomic E-state index is 6.07. The largest absolute Gasteiger partial charge is 0.356 e. The predicted molar refractivity (Wildman–Crippen MR) is 116 cm³/mol. The van der Waals surface area contributed by atoms with Crippen LogP contribution in [-0.2, 0) is 13.0 Å². The fraction of sp³-hybridized carbons (Fsp3) is 0.444. The van der Waals surface area contributed by atoms with Gasteiger partial charge in [0.1, 0.15) is 0 Å². The number of guanidine groups is 1. The van der Waals surface area contributed by atoms with E-state index in [9.17, 15) is 0 Å². The molecular weight excluding hydrogens is 449 g/mol. The molecule has 7 heteroatoms. The highest BCUT2D eigenvalue weighted by Crippen LogP contribution is 2.22. The Morgan fingerprint density at radius 2 is 2.08 bits per heavy atom. The van der Waals surface area contributed by atoms with Crippen LogP contribution in [0.5, 0.6) is 0 Å². The lowest BCUT2D eigenvalue weighted by molar-refractivity contribution is 0.359. The van der Waals surface area contributed by atoms with Gasteiger partial charge in [-0.3, -0.25) is 9.67 Å². The van der Waals surface area contributed by atoms with Crippen LogP contribution in [-0.4, -0.2) is 35.9 Å². The molecule has 5 nitrogen and oxygen atoms in total. The Labute approximate surface area is 172 Å². The monoisotopic (exact) mass is 475 g/mol. The smallest absolute Gasteiger partial charge is 0.191 e. The lowest BCUT2D eigenvalue weighted by Crippen LogP contribution is -2.43.